The van der Waals surface area contributed by atoms with Crippen LogP contribution in [-0.4, -0.2) is 44.4 Å². The predicted molar refractivity (Wildman–Crippen MR) is 70.7 cm³/mol. The van der Waals surface area contributed by atoms with E-state index in [1.165, 1.54) is 7.11 Å². The molecule has 0 radical (unpaired) electrons. The Morgan fingerprint density at radius 1 is 1.37 bits per heavy atom. The number of ether oxygens (including phenoxy) is 2. The highest BCUT2D eigenvalue weighted by molar-refractivity contribution is 5.73. The lowest BCUT2D eigenvalue weighted by molar-refractivity contribution is -0.148. The molecule has 6 heteroatoms. The molecule has 0 aromatic heterocycles. The van der Waals surface area contributed by atoms with E-state index in [-0.39, 0.29) is 17.8 Å². The van der Waals surface area contributed by atoms with Gasteiger partial charge in [-0.05, 0) is 33.7 Å². The number of methoxy groups -OCH3 is 1. The van der Waals surface area contributed by atoms with E-state index in [0.717, 1.165) is 13.0 Å². The Labute approximate surface area is 114 Å². The fourth-order valence-corrected chi connectivity index (χ4v) is 2.13. The van der Waals surface area contributed by atoms with Crippen molar-refractivity contribution < 1.29 is 19.1 Å². The minimum atomic E-state index is -0.517. The molecule has 2 N–H and O–H groups in total. The maximum absolute atomic E-state index is 11.7. The monoisotopic (exact) mass is 272 g/mol. The zero-order chi connectivity index (χ0) is 14.5. The molecule has 0 saturated carbocycles. The summed E-state index contributed by atoms with van der Waals surface area (Å²) in [5.41, 5.74) is -0.517. The van der Waals surface area contributed by atoms with Gasteiger partial charge in [-0.3, -0.25) is 4.79 Å². The lowest BCUT2D eigenvalue weighted by Crippen LogP contribution is -2.46. The average Bonchev–Trinajstić information content (AvgIpc) is 2.33. The van der Waals surface area contributed by atoms with Crippen molar-refractivity contribution in [2.45, 2.75) is 32.8 Å². The van der Waals surface area contributed by atoms with Gasteiger partial charge in [-0.15, -0.1) is 0 Å². The van der Waals surface area contributed by atoms with E-state index >= 15 is 0 Å². The van der Waals surface area contributed by atoms with Crippen molar-refractivity contribution in [1.29, 1.82) is 0 Å². The SMILES string of the molecule is COC(=O)[C@H]1CCNC[C@H]1CNC(=O)OC(C)(C)C. The fourth-order valence-electron chi connectivity index (χ4n) is 2.13. The average molecular weight is 272 g/mol. The molecule has 1 aliphatic rings. The van der Waals surface area contributed by atoms with Gasteiger partial charge in [0.15, 0.2) is 0 Å². The van der Waals surface area contributed by atoms with Crippen molar-refractivity contribution in [3.8, 4) is 0 Å². The van der Waals surface area contributed by atoms with E-state index < -0.39 is 11.7 Å². The zero-order valence-electron chi connectivity index (χ0n) is 12.1. The van der Waals surface area contributed by atoms with Gasteiger partial charge in [-0.1, -0.05) is 0 Å². The summed E-state index contributed by atoms with van der Waals surface area (Å²) in [4.78, 5) is 23.2. The molecule has 2 atom stereocenters. The molecule has 6 nitrogen and oxygen atoms in total. The van der Waals surface area contributed by atoms with E-state index in [4.69, 9.17) is 9.47 Å². The number of hydrogen-bond acceptors (Lipinski definition) is 5. The molecule has 0 spiro atoms. The van der Waals surface area contributed by atoms with Gasteiger partial charge in [0, 0.05) is 19.0 Å². The Bertz CT molecular complexity index is 325. The topological polar surface area (TPSA) is 76.7 Å². The van der Waals surface area contributed by atoms with Gasteiger partial charge in [0.25, 0.3) is 0 Å². The number of piperidine rings is 1. The molecule has 0 aromatic rings. The first-order chi connectivity index (χ1) is 8.83. The van der Waals surface area contributed by atoms with Crippen LogP contribution in [-0.2, 0) is 14.3 Å². The summed E-state index contributed by atoms with van der Waals surface area (Å²) >= 11 is 0. The molecule has 0 aliphatic carbocycles. The highest BCUT2D eigenvalue weighted by atomic mass is 16.6. The molecule has 1 heterocycles. The van der Waals surface area contributed by atoms with Crippen molar-refractivity contribution in [2.24, 2.45) is 11.8 Å². The molecule has 1 aliphatic heterocycles. The number of amides is 1. The molecule has 1 saturated heterocycles. The number of carbonyl (C=O) groups is 2. The van der Waals surface area contributed by atoms with Crippen LogP contribution in [0.2, 0.25) is 0 Å². The van der Waals surface area contributed by atoms with Gasteiger partial charge in [0.05, 0.1) is 13.0 Å². The maximum Gasteiger partial charge on any atom is 0.407 e. The molecular weight excluding hydrogens is 248 g/mol. The second-order valence-electron chi connectivity index (χ2n) is 5.77. The molecular formula is C13H24N2O4. The summed E-state index contributed by atoms with van der Waals surface area (Å²) in [5, 5.41) is 5.92. The van der Waals surface area contributed by atoms with Crippen LogP contribution in [0.15, 0.2) is 0 Å². The Hall–Kier alpha value is -1.30. The second kappa shape index (κ2) is 6.75. The van der Waals surface area contributed by atoms with Crippen LogP contribution >= 0.6 is 0 Å². The Morgan fingerprint density at radius 2 is 2.05 bits per heavy atom. The normalized spacial score (nSPS) is 23.6. The van der Waals surface area contributed by atoms with Crippen LogP contribution < -0.4 is 10.6 Å². The van der Waals surface area contributed by atoms with Crippen molar-refractivity contribution >= 4 is 12.1 Å². The maximum atomic E-state index is 11.7. The van der Waals surface area contributed by atoms with Gasteiger partial charge in [-0.25, -0.2) is 4.79 Å². The third-order valence-corrected chi connectivity index (χ3v) is 3.02. The van der Waals surface area contributed by atoms with Crippen LogP contribution in [0, 0.1) is 11.8 Å². The first-order valence-electron chi connectivity index (χ1n) is 6.59. The number of alkyl carbamates (subject to hydrolysis) is 1. The molecule has 110 valence electrons. The van der Waals surface area contributed by atoms with Crippen molar-refractivity contribution in [3.05, 3.63) is 0 Å². The third kappa shape index (κ3) is 5.46. The Balaban J connectivity index is 2.45. The molecule has 19 heavy (non-hydrogen) atoms. The van der Waals surface area contributed by atoms with Gasteiger partial charge in [0.2, 0.25) is 0 Å². The van der Waals surface area contributed by atoms with Crippen LogP contribution in [0.25, 0.3) is 0 Å². The molecule has 1 fully saturated rings. The highest BCUT2D eigenvalue weighted by Gasteiger charge is 2.32. The van der Waals surface area contributed by atoms with Crippen molar-refractivity contribution in [2.75, 3.05) is 26.7 Å². The van der Waals surface area contributed by atoms with Crippen LogP contribution in [0.4, 0.5) is 4.79 Å². The molecule has 0 bridgehead atoms. The third-order valence-electron chi connectivity index (χ3n) is 3.02. The lowest BCUT2D eigenvalue weighted by atomic mass is 9.86. The summed E-state index contributed by atoms with van der Waals surface area (Å²) in [7, 11) is 1.39. The first-order valence-corrected chi connectivity index (χ1v) is 6.59. The number of esters is 1. The summed E-state index contributed by atoms with van der Waals surface area (Å²) in [5.74, 6) is -0.340. The van der Waals surface area contributed by atoms with Gasteiger partial charge >= 0.3 is 12.1 Å². The van der Waals surface area contributed by atoms with Gasteiger partial charge in [-0.2, -0.15) is 0 Å². The second-order valence-corrected chi connectivity index (χ2v) is 5.77. The van der Waals surface area contributed by atoms with Crippen LogP contribution in [0.3, 0.4) is 0 Å². The highest BCUT2D eigenvalue weighted by Crippen LogP contribution is 2.20. The van der Waals surface area contributed by atoms with E-state index in [0.29, 0.717) is 13.1 Å². The van der Waals surface area contributed by atoms with E-state index in [9.17, 15) is 9.59 Å². The molecule has 0 unspecified atom stereocenters. The minimum absolute atomic E-state index is 0.0359. The van der Waals surface area contributed by atoms with Gasteiger partial charge in [0.1, 0.15) is 5.60 Å². The number of rotatable bonds is 3. The molecule has 0 aromatic carbocycles. The standard InChI is InChI=1S/C13H24N2O4/c1-13(2,3)19-12(17)15-8-9-7-14-6-5-10(9)11(16)18-4/h9-10,14H,5-8H2,1-4H3,(H,15,17)/t9-,10-/m0/s1. The minimum Gasteiger partial charge on any atom is -0.469 e. The van der Waals surface area contributed by atoms with E-state index in [2.05, 4.69) is 10.6 Å². The number of nitrogens with one attached hydrogen (secondary N) is 2. The van der Waals surface area contributed by atoms with Crippen LogP contribution in [0.5, 0.6) is 0 Å². The molecule has 1 amide bonds. The summed E-state index contributed by atoms with van der Waals surface area (Å²) in [6.07, 6.45) is 0.273. The van der Waals surface area contributed by atoms with Gasteiger partial charge < -0.3 is 20.1 Å². The summed E-state index contributed by atoms with van der Waals surface area (Å²) in [6.45, 7) is 7.32. The largest absolute Gasteiger partial charge is 0.469 e. The number of hydrogen-bond donors (Lipinski definition) is 2. The Kier molecular flexibility index (Phi) is 5.60. The molecule has 1 rings (SSSR count). The first kappa shape index (κ1) is 15.8. The Morgan fingerprint density at radius 3 is 2.63 bits per heavy atom. The quantitative estimate of drug-likeness (QED) is 0.747. The summed E-state index contributed by atoms with van der Waals surface area (Å²) in [6, 6.07) is 0. The zero-order valence-corrected chi connectivity index (χ0v) is 12.1. The number of carbonyl (C=O) groups excluding carboxylic acids is 2. The summed E-state index contributed by atoms with van der Waals surface area (Å²) < 4.78 is 9.96. The van der Waals surface area contributed by atoms with Crippen molar-refractivity contribution in [1.82, 2.24) is 10.6 Å². The van der Waals surface area contributed by atoms with E-state index in [1.807, 2.05) is 20.8 Å². The van der Waals surface area contributed by atoms with Crippen LogP contribution in [0.1, 0.15) is 27.2 Å². The van der Waals surface area contributed by atoms with Crippen molar-refractivity contribution in [3.63, 3.8) is 0 Å². The fraction of sp³-hybridized carbons (Fsp3) is 0.846. The smallest absolute Gasteiger partial charge is 0.407 e. The van der Waals surface area contributed by atoms with E-state index in [1.54, 1.807) is 0 Å². The lowest BCUT2D eigenvalue weighted by Gasteiger charge is -2.30. The predicted octanol–water partition coefficient (Wildman–Crippen LogP) is 0.910.